The van der Waals surface area contributed by atoms with Crippen molar-refractivity contribution in [3.8, 4) is 0 Å². The third kappa shape index (κ3) is 3.86. The minimum absolute atomic E-state index is 0.0883. The molecule has 1 atom stereocenters. The first-order valence-corrected chi connectivity index (χ1v) is 9.18. The quantitative estimate of drug-likeness (QED) is 0.908. The summed E-state index contributed by atoms with van der Waals surface area (Å²) in [5.41, 5.74) is 0.891. The first kappa shape index (κ1) is 17.9. The summed E-state index contributed by atoms with van der Waals surface area (Å²) in [4.78, 5) is 17.1. The Morgan fingerprint density at radius 1 is 1.24 bits per heavy atom. The molecule has 0 radical (unpaired) electrons. The van der Waals surface area contributed by atoms with Crippen LogP contribution in [0.4, 0.5) is 5.69 Å². The van der Waals surface area contributed by atoms with E-state index in [0.717, 1.165) is 42.4 Å². The Morgan fingerprint density at radius 2 is 2.00 bits per heavy atom. The zero-order valence-corrected chi connectivity index (χ0v) is 15.2. The Hall–Kier alpha value is -1.91. The van der Waals surface area contributed by atoms with Crippen molar-refractivity contribution in [3.63, 3.8) is 0 Å². The monoisotopic (exact) mass is 340 g/mol. The van der Waals surface area contributed by atoms with E-state index < -0.39 is 0 Å². The van der Waals surface area contributed by atoms with Crippen molar-refractivity contribution in [3.05, 3.63) is 42.5 Å². The number of carbonyl (C=O) groups is 1. The van der Waals surface area contributed by atoms with E-state index in [4.69, 9.17) is 0 Å². The number of aliphatic hydroxyl groups is 1. The number of rotatable bonds is 5. The van der Waals surface area contributed by atoms with Crippen LogP contribution in [0.3, 0.4) is 0 Å². The molecule has 4 nitrogen and oxygen atoms in total. The van der Waals surface area contributed by atoms with Crippen LogP contribution in [0.5, 0.6) is 0 Å². The molecule has 1 saturated heterocycles. The van der Waals surface area contributed by atoms with Gasteiger partial charge in [-0.2, -0.15) is 0 Å². The van der Waals surface area contributed by atoms with Crippen molar-refractivity contribution in [2.75, 3.05) is 37.7 Å². The molecule has 2 aromatic carbocycles. The van der Waals surface area contributed by atoms with E-state index in [1.807, 2.05) is 36.1 Å². The van der Waals surface area contributed by atoms with Gasteiger partial charge in [-0.1, -0.05) is 43.3 Å². The van der Waals surface area contributed by atoms with Gasteiger partial charge < -0.3 is 10.0 Å². The average molecular weight is 340 g/mol. The molecular weight excluding hydrogens is 312 g/mol. The molecule has 1 amide bonds. The fourth-order valence-electron chi connectivity index (χ4n) is 3.89. The summed E-state index contributed by atoms with van der Waals surface area (Å²) in [5.74, 6) is 0.126. The molecule has 1 unspecified atom stereocenters. The maximum Gasteiger partial charge on any atom is 0.241 e. The van der Waals surface area contributed by atoms with Crippen LogP contribution in [0.1, 0.15) is 26.7 Å². The van der Waals surface area contributed by atoms with Crippen LogP contribution in [0.2, 0.25) is 0 Å². The maximum atomic E-state index is 13.0. The van der Waals surface area contributed by atoms with Crippen LogP contribution in [0.25, 0.3) is 10.8 Å². The van der Waals surface area contributed by atoms with Gasteiger partial charge in [-0.15, -0.1) is 0 Å². The third-order valence-corrected chi connectivity index (χ3v) is 5.28. The Kier molecular flexibility index (Phi) is 5.40. The molecule has 0 spiro atoms. The Balaban J connectivity index is 1.79. The fraction of sp³-hybridized carbons (Fsp3) is 0.476. The zero-order valence-electron chi connectivity index (χ0n) is 15.2. The van der Waals surface area contributed by atoms with E-state index in [1.165, 1.54) is 0 Å². The van der Waals surface area contributed by atoms with Crippen LogP contribution in [-0.4, -0.2) is 48.7 Å². The van der Waals surface area contributed by atoms with E-state index in [1.54, 1.807) is 0 Å². The average Bonchev–Trinajstić information content (AvgIpc) is 2.62. The number of nitrogens with zero attached hydrogens (tertiary/aromatic N) is 2. The number of anilines is 1. The van der Waals surface area contributed by atoms with Gasteiger partial charge in [0, 0.05) is 30.5 Å². The Bertz CT molecular complexity index is 740. The lowest BCUT2D eigenvalue weighted by Gasteiger charge is -2.39. The van der Waals surface area contributed by atoms with Crippen molar-refractivity contribution in [2.24, 2.45) is 5.41 Å². The Labute approximate surface area is 150 Å². The van der Waals surface area contributed by atoms with E-state index >= 15 is 0 Å². The van der Waals surface area contributed by atoms with Gasteiger partial charge in [0.15, 0.2) is 0 Å². The summed E-state index contributed by atoms with van der Waals surface area (Å²) in [6.45, 7) is 7.07. The SMILES string of the molecule is CCN(C(=O)CN1CCCC(C)(CO)C1)c1cccc2ccccc12. The van der Waals surface area contributed by atoms with Gasteiger partial charge in [0.2, 0.25) is 5.91 Å². The molecule has 0 saturated carbocycles. The molecule has 1 fully saturated rings. The van der Waals surface area contributed by atoms with Crippen LogP contribution in [0, 0.1) is 5.41 Å². The highest BCUT2D eigenvalue weighted by molar-refractivity contribution is 6.04. The van der Waals surface area contributed by atoms with Gasteiger partial charge in [0.05, 0.1) is 12.2 Å². The topological polar surface area (TPSA) is 43.8 Å². The second-order valence-corrected chi connectivity index (χ2v) is 7.42. The highest BCUT2D eigenvalue weighted by atomic mass is 16.3. The molecule has 25 heavy (non-hydrogen) atoms. The first-order valence-electron chi connectivity index (χ1n) is 9.18. The minimum atomic E-state index is -0.0883. The third-order valence-electron chi connectivity index (χ3n) is 5.28. The standard InChI is InChI=1S/C21H28N2O2/c1-3-23(19-11-6-9-17-8-4-5-10-18(17)19)20(25)14-22-13-7-12-21(2,15-22)16-24/h4-6,8-11,24H,3,7,12-16H2,1-2H3. The normalized spacial score (nSPS) is 21.4. The maximum absolute atomic E-state index is 13.0. The number of piperidine rings is 1. The summed E-state index contributed by atoms with van der Waals surface area (Å²) in [5, 5.41) is 11.9. The van der Waals surface area contributed by atoms with E-state index in [9.17, 15) is 9.90 Å². The number of amides is 1. The number of fused-ring (bicyclic) bond motifs is 1. The molecule has 3 rings (SSSR count). The summed E-state index contributed by atoms with van der Waals surface area (Å²) in [6, 6.07) is 14.3. The van der Waals surface area contributed by atoms with Crippen LogP contribution in [-0.2, 0) is 4.79 Å². The second-order valence-electron chi connectivity index (χ2n) is 7.42. The smallest absolute Gasteiger partial charge is 0.241 e. The van der Waals surface area contributed by atoms with Gasteiger partial charge in [0.25, 0.3) is 0 Å². The van der Waals surface area contributed by atoms with Crippen LogP contribution in [0.15, 0.2) is 42.5 Å². The van der Waals surface area contributed by atoms with Crippen molar-refractivity contribution >= 4 is 22.4 Å². The van der Waals surface area contributed by atoms with Gasteiger partial charge >= 0.3 is 0 Å². The van der Waals surface area contributed by atoms with Crippen molar-refractivity contribution in [2.45, 2.75) is 26.7 Å². The number of carbonyl (C=O) groups excluding carboxylic acids is 1. The number of likely N-dealkylation sites (N-methyl/N-ethyl adjacent to an activating group) is 1. The minimum Gasteiger partial charge on any atom is -0.396 e. The van der Waals surface area contributed by atoms with Gasteiger partial charge in [-0.25, -0.2) is 0 Å². The summed E-state index contributed by atoms with van der Waals surface area (Å²) in [7, 11) is 0. The highest BCUT2D eigenvalue weighted by Crippen LogP contribution is 2.30. The predicted molar refractivity (Wildman–Crippen MR) is 103 cm³/mol. The van der Waals surface area contributed by atoms with Crippen molar-refractivity contribution in [1.29, 1.82) is 0 Å². The molecule has 1 aliphatic heterocycles. The molecule has 0 aromatic heterocycles. The second kappa shape index (κ2) is 7.54. The van der Waals surface area contributed by atoms with Crippen molar-refractivity contribution < 1.29 is 9.90 Å². The lowest BCUT2D eigenvalue weighted by molar-refractivity contribution is -0.120. The molecule has 2 aromatic rings. The molecule has 134 valence electrons. The first-order chi connectivity index (χ1) is 12.1. The molecule has 0 bridgehead atoms. The molecule has 1 heterocycles. The largest absolute Gasteiger partial charge is 0.396 e. The van der Waals surface area contributed by atoms with Gasteiger partial charge in [-0.05, 0) is 37.8 Å². The molecule has 1 aliphatic rings. The van der Waals surface area contributed by atoms with Crippen molar-refractivity contribution in [1.82, 2.24) is 4.90 Å². The molecule has 1 N–H and O–H groups in total. The summed E-state index contributed by atoms with van der Waals surface area (Å²) < 4.78 is 0. The highest BCUT2D eigenvalue weighted by Gasteiger charge is 2.31. The van der Waals surface area contributed by atoms with E-state index in [-0.39, 0.29) is 17.9 Å². The van der Waals surface area contributed by atoms with Gasteiger partial charge in [0.1, 0.15) is 0 Å². The number of hydrogen-bond acceptors (Lipinski definition) is 3. The fourth-order valence-corrected chi connectivity index (χ4v) is 3.89. The summed E-state index contributed by atoms with van der Waals surface area (Å²) >= 11 is 0. The lowest BCUT2D eigenvalue weighted by Crippen LogP contribution is -2.48. The number of aliphatic hydroxyl groups excluding tert-OH is 1. The van der Waals surface area contributed by atoms with Gasteiger partial charge in [-0.3, -0.25) is 9.69 Å². The van der Waals surface area contributed by atoms with E-state index in [0.29, 0.717) is 13.1 Å². The van der Waals surface area contributed by atoms with Crippen LogP contribution >= 0.6 is 0 Å². The number of likely N-dealkylation sites (tertiary alicyclic amines) is 1. The van der Waals surface area contributed by atoms with E-state index in [2.05, 4.69) is 30.0 Å². The molecular formula is C21H28N2O2. The molecule has 0 aliphatic carbocycles. The Morgan fingerprint density at radius 3 is 2.76 bits per heavy atom. The summed E-state index contributed by atoms with van der Waals surface area (Å²) in [6.07, 6.45) is 2.06. The lowest BCUT2D eigenvalue weighted by atomic mass is 9.83. The van der Waals surface area contributed by atoms with Crippen LogP contribution < -0.4 is 4.90 Å². The number of hydrogen-bond donors (Lipinski definition) is 1. The zero-order chi connectivity index (χ0) is 17.9. The molecule has 4 heteroatoms. The number of benzene rings is 2. The predicted octanol–water partition coefficient (Wildman–Crippen LogP) is 3.29.